The number of halogens is 3. The van der Waals surface area contributed by atoms with Gasteiger partial charge < -0.3 is 5.32 Å². The van der Waals surface area contributed by atoms with Gasteiger partial charge in [0.25, 0.3) is 0 Å². The topological polar surface area (TPSA) is 12.0 Å². The first-order valence-corrected chi connectivity index (χ1v) is 6.91. The molecule has 0 saturated heterocycles. The normalized spacial score (nSPS) is 14.0. The Morgan fingerprint density at radius 3 is 2.05 bits per heavy atom. The molecule has 0 amide bonds. The second kappa shape index (κ2) is 6.76. The van der Waals surface area contributed by atoms with Crippen molar-refractivity contribution in [2.24, 2.45) is 0 Å². The van der Waals surface area contributed by atoms with Crippen molar-refractivity contribution in [1.82, 2.24) is 5.32 Å². The van der Waals surface area contributed by atoms with Crippen LogP contribution in [-0.2, 0) is 6.42 Å². The lowest BCUT2D eigenvalue weighted by Crippen LogP contribution is -2.31. The van der Waals surface area contributed by atoms with E-state index >= 15 is 0 Å². The Bertz CT molecular complexity index is 575. The molecule has 0 fully saturated rings. The third-order valence-corrected chi connectivity index (χ3v) is 3.48. The number of benzene rings is 2. The fraction of sp³-hybridized carbons (Fsp3) is 0.294. The van der Waals surface area contributed by atoms with Crippen LogP contribution in [0.25, 0.3) is 0 Å². The fourth-order valence-corrected chi connectivity index (χ4v) is 2.37. The molecule has 0 radical (unpaired) electrons. The van der Waals surface area contributed by atoms with E-state index < -0.39 is 11.6 Å². The summed E-state index contributed by atoms with van der Waals surface area (Å²) in [6, 6.07) is 9.92. The molecule has 4 heteroatoms. The van der Waals surface area contributed by atoms with Crippen molar-refractivity contribution in [3.05, 3.63) is 71.0 Å². The zero-order chi connectivity index (χ0) is 15.4. The third-order valence-electron chi connectivity index (χ3n) is 3.48. The highest BCUT2D eigenvalue weighted by Crippen LogP contribution is 2.17. The van der Waals surface area contributed by atoms with Gasteiger partial charge in [0, 0.05) is 17.6 Å². The van der Waals surface area contributed by atoms with E-state index in [0.29, 0.717) is 0 Å². The summed E-state index contributed by atoms with van der Waals surface area (Å²) >= 11 is 0. The van der Waals surface area contributed by atoms with E-state index in [1.165, 1.54) is 30.3 Å². The van der Waals surface area contributed by atoms with Crippen molar-refractivity contribution in [3.8, 4) is 0 Å². The highest BCUT2D eigenvalue weighted by molar-refractivity contribution is 5.22. The lowest BCUT2D eigenvalue weighted by molar-refractivity contribution is 0.457. The SMILES string of the molecule is CC(Cc1c(F)cccc1F)NC(C)c1ccc(F)cc1. The number of hydrogen-bond acceptors (Lipinski definition) is 1. The van der Waals surface area contributed by atoms with E-state index in [-0.39, 0.29) is 29.9 Å². The van der Waals surface area contributed by atoms with Crippen LogP contribution in [0.2, 0.25) is 0 Å². The van der Waals surface area contributed by atoms with Gasteiger partial charge in [-0.1, -0.05) is 18.2 Å². The Balaban J connectivity index is 2.01. The molecule has 0 aliphatic carbocycles. The van der Waals surface area contributed by atoms with Crippen LogP contribution < -0.4 is 5.32 Å². The minimum absolute atomic E-state index is 0.0320. The van der Waals surface area contributed by atoms with Crippen molar-refractivity contribution in [2.75, 3.05) is 0 Å². The molecule has 0 aromatic heterocycles. The summed E-state index contributed by atoms with van der Waals surface area (Å²) < 4.78 is 40.1. The number of rotatable bonds is 5. The van der Waals surface area contributed by atoms with Gasteiger partial charge in [0.15, 0.2) is 0 Å². The van der Waals surface area contributed by atoms with Gasteiger partial charge in [0.2, 0.25) is 0 Å². The fourth-order valence-electron chi connectivity index (χ4n) is 2.37. The molecule has 112 valence electrons. The molecule has 0 bridgehead atoms. The second-order valence-corrected chi connectivity index (χ2v) is 5.25. The lowest BCUT2D eigenvalue weighted by atomic mass is 10.0. The van der Waals surface area contributed by atoms with Gasteiger partial charge in [0.05, 0.1) is 0 Å². The average molecular weight is 293 g/mol. The maximum absolute atomic E-state index is 13.6. The first kappa shape index (κ1) is 15.6. The van der Waals surface area contributed by atoms with Crippen LogP contribution >= 0.6 is 0 Å². The molecule has 2 unspecified atom stereocenters. The largest absolute Gasteiger partial charge is 0.307 e. The van der Waals surface area contributed by atoms with Crippen LogP contribution in [0.4, 0.5) is 13.2 Å². The predicted molar refractivity (Wildman–Crippen MR) is 77.5 cm³/mol. The van der Waals surface area contributed by atoms with E-state index in [1.54, 1.807) is 12.1 Å². The zero-order valence-corrected chi connectivity index (χ0v) is 12.0. The van der Waals surface area contributed by atoms with Crippen LogP contribution in [0.5, 0.6) is 0 Å². The van der Waals surface area contributed by atoms with Gasteiger partial charge in [-0.05, 0) is 50.1 Å². The molecule has 0 spiro atoms. The van der Waals surface area contributed by atoms with Gasteiger partial charge in [-0.25, -0.2) is 13.2 Å². The van der Waals surface area contributed by atoms with Crippen LogP contribution in [0.15, 0.2) is 42.5 Å². The van der Waals surface area contributed by atoms with Gasteiger partial charge >= 0.3 is 0 Å². The van der Waals surface area contributed by atoms with E-state index in [0.717, 1.165) is 5.56 Å². The highest BCUT2D eigenvalue weighted by Gasteiger charge is 2.15. The smallest absolute Gasteiger partial charge is 0.129 e. The molecule has 0 aliphatic rings. The molecular formula is C17H18F3N. The minimum Gasteiger partial charge on any atom is -0.307 e. The Labute approximate surface area is 122 Å². The Morgan fingerprint density at radius 2 is 1.48 bits per heavy atom. The third kappa shape index (κ3) is 4.08. The lowest BCUT2D eigenvalue weighted by Gasteiger charge is -2.21. The Hall–Kier alpha value is -1.81. The van der Waals surface area contributed by atoms with Gasteiger partial charge in [0.1, 0.15) is 17.5 Å². The van der Waals surface area contributed by atoms with Gasteiger partial charge in [-0.2, -0.15) is 0 Å². The van der Waals surface area contributed by atoms with Gasteiger partial charge in [-0.15, -0.1) is 0 Å². The van der Waals surface area contributed by atoms with Crippen LogP contribution in [0.1, 0.15) is 31.0 Å². The minimum atomic E-state index is -0.530. The summed E-state index contributed by atoms with van der Waals surface area (Å²) in [4.78, 5) is 0. The van der Waals surface area contributed by atoms with Crippen molar-refractivity contribution >= 4 is 0 Å². The summed E-state index contributed by atoms with van der Waals surface area (Å²) in [5.41, 5.74) is 1.01. The number of hydrogen-bond donors (Lipinski definition) is 1. The molecule has 1 nitrogen and oxygen atoms in total. The summed E-state index contributed by atoms with van der Waals surface area (Å²) in [5, 5.41) is 3.26. The standard InChI is InChI=1S/C17H18F3N/c1-11(10-15-16(19)4-3-5-17(15)20)21-12(2)13-6-8-14(18)9-7-13/h3-9,11-12,21H,10H2,1-2H3. The van der Waals surface area contributed by atoms with Crippen LogP contribution in [-0.4, -0.2) is 6.04 Å². The van der Waals surface area contributed by atoms with Crippen LogP contribution in [0, 0.1) is 17.5 Å². The molecule has 21 heavy (non-hydrogen) atoms. The van der Waals surface area contributed by atoms with E-state index in [2.05, 4.69) is 5.32 Å². The van der Waals surface area contributed by atoms with Crippen molar-refractivity contribution in [3.63, 3.8) is 0 Å². The first-order valence-electron chi connectivity index (χ1n) is 6.91. The molecule has 0 heterocycles. The highest BCUT2D eigenvalue weighted by atomic mass is 19.1. The molecule has 1 N–H and O–H groups in total. The quantitative estimate of drug-likeness (QED) is 0.862. The Kier molecular flexibility index (Phi) is 5.02. The number of nitrogens with one attached hydrogen (secondary N) is 1. The molecule has 2 rings (SSSR count). The van der Waals surface area contributed by atoms with Crippen molar-refractivity contribution in [1.29, 1.82) is 0 Å². The summed E-state index contributed by atoms with van der Waals surface area (Å²) in [5.74, 6) is -1.34. The molecular weight excluding hydrogens is 275 g/mol. The van der Waals surface area contributed by atoms with Crippen molar-refractivity contribution in [2.45, 2.75) is 32.4 Å². The maximum atomic E-state index is 13.6. The van der Waals surface area contributed by atoms with E-state index in [9.17, 15) is 13.2 Å². The van der Waals surface area contributed by atoms with Gasteiger partial charge in [-0.3, -0.25) is 0 Å². The monoisotopic (exact) mass is 293 g/mol. The molecule has 2 atom stereocenters. The Morgan fingerprint density at radius 1 is 0.905 bits per heavy atom. The molecule has 2 aromatic rings. The summed E-state index contributed by atoms with van der Waals surface area (Å²) in [7, 11) is 0. The first-order chi connectivity index (χ1) is 9.97. The van der Waals surface area contributed by atoms with E-state index in [1.807, 2.05) is 13.8 Å². The predicted octanol–water partition coefficient (Wildman–Crippen LogP) is 4.39. The zero-order valence-electron chi connectivity index (χ0n) is 12.0. The van der Waals surface area contributed by atoms with Crippen molar-refractivity contribution < 1.29 is 13.2 Å². The van der Waals surface area contributed by atoms with E-state index in [4.69, 9.17) is 0 Å². The molecule has 2 aromatic carbocycles. The average Bonchev–Trinajstić information content (AvgIpc) is 2.43. The maximum Gasteiger partial charge on any atom is 0.129 e. The summed E-state index contributed by atoms with van der Waals surface area (Å²) in [6.45, 7) is 3.80. The van der Waals surface area contributed by atoms with Crippen LogP contribution in [0.3, 0.4) is 0 Å². The second-order valence-electron chi connectivity index (χ2n) is 5.25. The summed E-state index contributed by atoms with van der Waals surface area (Å²) in [6.07, 6.45) is 0.254. The molecule has 0 aliphatic heterocycles. The molecule has 0 saturated carbocycles.